The third-order valence-corrected chi connectivity index (χ3v) is 5.56. The fourth-order valence-corrected chi connectivity index (χ4v) is 4.02. The van der Waals surface area contributed by atoms with E-state index in [0.29, 0.717) is 37.3 Å². The Balaban J connectivity index is 1.80. The van der Waals surface area contributed by atoms with Crippen molar-refractivity contribution in [2.45, 2.75) is 53.4 Å². The van der Waals surface area contributed by atoms with Gasteiger partial charge in [0.1, 0.15) is 11.5 Å². The molecule has 1 aromatic carbocycles. The van der Waals surface area contributed by atoms with Gasteiger partial charge in [0.2, 0.25) is 5.91 Å². The van der Waals surface area contributed by atoms with Crippen LogP contribution in [0.2, 0.25) is 0 Å². The molecule has 1 unspecified atom stereocenters. The summed E-state index contributed by atoms with van der Waals surface area (Å²) in [6.45, 7) is 8.86. The summed E-state index contributed by atoms with van der Waals surface area (Å²) < 4.78 is 5.51. The van der Waals surface area contributed by atoms with Crippen LogP contribution in [0, 0.1) is 17.8 Å². The number of hydrogen-bond donors (Lipinski definition) is 1. The minimum absolute atomic E-state index is 0.0148. The number of carboxylic acids is 1. The summed E-state index contributed by atoms with van der Waals surface area (Å²) in [6, 6.07) is 9.70. The van der Waals surface area contributed by atoms with E-state index in [1.807, 2.05) is 58.0 Å². The van der Waals surface area contributed by atoms with Crippen LogP contribution in [-0.2, 0) is 16.0 Å². The second-order valence-electron chi connectivity index (χ2n) is 9.41. The fourth-order valence-electron chi connectivity index (χ4n) is 4.02. The van der Waals surface area contributed by atoms with E-state index in [0.717, 1.165) is 11.1 Å². The summed E-state index contributed by atoms with van der Waals surface area (Å²) in [6.07, 6.45) is 1.81. The normalized spacial score (nSPS) is 19.9. The van der Waals surface area contributed by atoms with Gasteiger partial charge >= 0.3 is 5.97 Å². The fraction of sp³-hybridized carbons (Fsp3) is 0.522. The topological polar surface area (TPSA) is 83.6 Å². The molecule has 1 aliphatic rings. The molecule has 1 amide bonds. The molecule has 1 atom stereocenters. The highest BCUT2D eigenvalue weighted by molar-refractivity contribution is 5.80. The van der Waals surface area contributed by atoms with Crippen molar-refractivity contribution in [3.05, 3.63) is 41.7 Å². The Kier molecular flexibility index (Phi) is 5.82. The van der Waals surface area contributed by atoms with Crippen molar-refractivity contribution >= 4 is 11.9 Å². The molecule has 1 saturated heterocycles. The first-order chi connectivity index (χ1) is 13.6. The molecule has 1 aliphatic heterocycles. The number of carboxylic acid groups (broad SMARTS) is 1. The van der Waals surface area contributed by atoms with Crippen molar-refractivity contribution in [1.29, 1.82) is 0 Å². The zero-order chi connectivity index (χ0) is 21.2. The molecule has 0 radical (unpaired) electrons. The lowest BCUT2D eigenvalue weighted by Crippen LogP contribution is -2.51. The van der Waals surface area contributed by atoms with Gasteiger partial charge in [-0.15, -0.1) is 0 Å². The summed E-state index contributed by atoms with van der Waals surface area (Å²) in [5.41, 5.74) is 1.58. The van der Waals surface area contributed by atoms with E-state index in [1.54, 1.807) is 4.90 Å². The molecule has 156 valence electrons. The number of nitrogens with zero attached hydrogens (tertiary/aromatic N) is 2. The number of aryl methyl sites for hydroxylation is 1. The maximum Gasteiger partial charge on any atom is 0.311 e. The third-order valence-electron chi connectivity index (χ3n) is 5.56. The Labute approximate surface area is 171 Å². The summed E-state index contributed by atoms with van der Waals surface area (Å²) in [5, 5.41) is 14.2. The number of amides is 1. The minimum atomic E-state index is -1.05. The molecule has 6 heteroatoms. The Bertz CT molecular complexity index is 896. The molecular weight excluding hydrogens is 368 g/mol. The smallest absolute Gasteiger partial charge is 0.311 e. The van der Waals surface area contributed by atoms with E-state index in [-0.39, 0.29) is 24.3 Å². The van der Waals surface area contributed by atoms with Crippen LogP contribution in [0.5, 0.6) is 0 Å². The van der Waals surface area contributed by atoms with Gasteiger partial charge in [0, 0.05) is 37.6 Å². The molecule has 0 saturated carbocycles. The molecule has 0 spiro atoms. The highest BCUT2D eigenvalue weighted by Crippen LogP contribution is 2.36. The van der Waals surface area contributed by atoms with Crippen molar-refractivity contribution in [3.8, 4) is 11.3 Å². The van der Waals surface area contributed by atoms with Crippen LogP contribution >= 0.6 is 0 Å². The first-order valence-electron chi connectivity index (χ1n) is 10.1. The summed E-state index contributed by atoms with van der Waals surface area (Å²) in [4.78, 5) is 26.7. The molecule has 2 aromatic rings. The second-order valence-corrected chi connectivity index (χ2v) is 9.41. The number of rotatable bonds is 5. The second kappa shape index (κ2) is 8.01. The van der Waals surface area contributed by atoms with Gasteiger partial charge in [-0.25, -0.2) is 0 Å². The van der Waals surface area contributed by atoms with Crippen LogP contribution in [0.3, 0.4) is 0 Å². The predicted octanol–water partition coefficient (Wildman–Crippen LogP) is 4.32. The summed E-state index contributed by atoms with van der Waals surface area (Å²) in [5.74, 6) is -0.337. The number of carbonyl (C=O) groups is 2. The molecule has 0 aliphatic carbocycles. The van der Waals surface area contributed by atoms with Gasteiger partial charge in [0.15, 0.2) is 0 Å². The van der Waals surface area contributed by atoms with E-state index >= 15 is 0 Å². The first kappa shape index (κ1) is 21.1. The van der Waals surface area contributed by atoms with Crippen molar-refractivity contribution in [2.24, 2.45) is 10.8 Å². The van der Waals surface area contributed by atoms with Gasteiger partial charge < -0.3 is 14.5 Å². The van der Waals surface area contributed by atoms with Gasteiger partial charge in [0.25, 0.3) is 0 Å². The molecule has 1 aromatic heterocycles. The van der Waals surface area contributed by atoms with Crippen molar-refractivity contribution in [1.82, 2.24) is 10.1 Å². The van der Waals surface area contributed by atoms with Crippen molar-refractivity contribution in [3.63, 3.8) is 0 Å². The molecule has 1 N–H and O–H groups in total. The zero-order valence-corrected chi connectivity index (χ0v) is 17.7. The standard InChI is InChI=1S/C23H30N2O4/c1-16-8-5-6-9-18(16)19-12-17(29-24-19)13-23(21(27)28)10-7-11-25(15-23)20(26)14-22(2,3)4/h5-6,8-9,12H,7,10-11,13-15H2,1-4H3,(H,27,28). The largest absolute Gasteiger partial charge is 0.481 e. The number of benzene rings is 1. The van der Waals surface area contributed by atoms with Crippen molar-refractivity contribution in [2.75, 3.05) is 13.1 Å². The summed E-state index contributed by atoms with van der Waals surface area (Å²) in [7, 11) is 0. The maximum absolute atomic E-state index is 12.7. The Morgan fingerprint density at radius 1 is 1.28 bits per heavy atom. The number of aromatic nitrogens is 1. The lowest BCUT2D eigenvalue weighted by molar-refractivity contribution is -0.155. The summed E-state index contributed by atoms with van der Waals surface area (Å²) >= 11 is 0. The quantitative estimate of drug-likeness (QED) is 0.811. The van der Waals surface area contributed by atoms with E-state index in [9.17, 15) is 14.7 Å². The lowest BCUT2D eigenvalue weighted by Gasteiger charge is -2.40. The average molecular weight is 399 g/mol. The number of carbonyl (C=O) groups excluding carboxylic acids is 1. The van der Waals surface area contributed by atoms with Crippen LogP contribution in [-0.4, -0.2) is 40.1 Å². The van der Waals surface area contributed by atoms with Gasteiger partial charge in [-0.3, -0.25) is 9.59 Å². The van der Waals surface area contributed by atoms with E-state index in [2.05, 4.69) is 5.16 Å². The number of hydrogen-bond acceptors (Lipinski definition) is 4. The van der Waals surface area contributed by atoms with Crippen LogP contribution in [0.4, 0.5) is 0 Å². The van der Waals surface area contributed by atoms with Crippen LogP contribution in [0.15, 0.2) is 34.9 Å². The Morgan fingerprint density at radius 2 is 2.00 bits per heavy atom. The molecule has 1 fully saturated rings. The van der Waals surface area contributed by atoms with Crippen LogP contribution in [0.1, 0.15) is 51.4 Å². The van der Waals surface area contributed by atoms with E-state index < -0.39 is 11.4 Å². The average Bonchev–Trinajstić information content (AvgIpc) is 3.08. The maximum atomic E-state index is 12.7. The van der Waals surface area contributed by atoms with Gasteiger partial charge in [-0.1, -0.05) is 50.2 Å². The zero-order valence-electron chi connectivity index (χ0n) is 17.7. The molecule has 6 nitrogen and oxygen atoms in total. The molecule has 2 heterocycles. The monoisotopic (exact) mass is 398 g/mol. The van der Waals surface area contributed by atoms with E-state index in [1.165, 1.54) is 0 Å². The number of piperidine rings is 1. The molecule has 3 rings (SSSR count). The van der Waals surface area contributed by atoms with Gasteiger partial charge in [-0.2, -0.15) is 0 Å². The SMILES string of the molecule is Cc1ccccc1-c1cc(CC2(C(=O)O)CCCN(C(=O)CC(C)(C)C)C2)on1. The number of aliphatic carboxylic acids is 1. The van der Waals surface area contributed by atoms with Gasteiger partial charge in [0.05, 0.1) is 5.41 Å². The Hall–Kier alpha value is -2.63. The van der Waals surface area contributed by atoms with Crippen molar-refractivity contribution < 1.29 is 19.2 Å². The van der Waals surface area contributed by atoms with Crippen LogP contribution in [0.25, 0.3) is 11.3 Å². The first-order valence-corrected chi connectivity index (χ1v) is 10.1. The molecule has 0 bridgehead atoms. The lowest BCUT2D eigenvalue weighted by atomic mass is 9.76. The van der Waals surface area contributed by atoms with Crippen LogP contribution < -0.4 is 0 Å². The highest BCUT2D eigenvalue weighted by atomic mass is 16.5. The van der Waals surface area contributed by atoms with Gasteiger partial charge in [-0.05, 0) is 30.7 Å². The molecular formula is C23H30N2O4. The highest BCUT2D eigenvalue weighted by Gasteiger charge is 2.45. The third kappa shape index (κ3) is 4.86. The van der Waals surface area contributed by atoms with E-state index in [4.69, 9.17) is 4.52 Å². The Morgan fingerprint density at radius 3 is 2.66 bits per heavy atom. The minimum Gasteiger partial charge on any atom is -0.481 e. The molecule has 29 heavy (non-hydrogen) atoms. The predicted molar refractivity (Wildman–Crippen MR) is 110 cm³/mol. The number of likely N-dealkylation sites (tertiary alicyclic amines) is 1.